The number of hydrogen-bond acceptors (Lipinski definition) is 3. The summed E-state index contributed by atoms with van der Waals surface area (Å²) in [6, 6.07) is 26.5. The van der Waals surface area contributed by atoms with Gasteiger partial charge in [-0.3, -0.25) is 9.59 Å². The minimum atomic E-state index is -0.612. The van der Waals surface area contributed by atoms with Crippen LogP contribution in [0, 0.1) is 0 Å². The minimum absolute atomic E-state index is 0.0730. The fraction of sp³-hybridized carbons (Fsp3) is 0.259. The normalized spacial score (nSPS) is 11.5. The summed E-state index contributed by atoms with van der Waals surface area (Å²) in [6.07, 6.45) is 1.30. The first-order chi connectivity index (χ1) is 16.1. The lowest BCUT2D eigenvalue weighted by Gasteiger charge is -2.31. The number of benzene rings is 3. The molecule has 0 spiro atoms. The Morgan fingerprint density at radius 2 is 1.61 bits per heavy atom. The van der Waals surface area contributed by atoms with Crippen LogP contribution in [-0.4, -0.2) is 36.4 Å². The van der Waals surface area contributed by atoms with Gasteiger partial charge in [0.15, 0.2) is 0 Å². The molecule has 3 aromatic carbocycles. The monoisotopic (exact) mass is 508 g/mol. The van der Waals surface area contributed by atoms with Gasteiger partial charge in [-0.25, -0.2) is 0 Å². The summed E-state index contributed by atoms with van der Waals surface area (Å²) in [5, 5.41) is 2.74. The number of rotatable bonds is 11. The van der Waals surface area contributed by atoms with E-state index in [4.69, 9.17) is 4.74 Å². The third-order valence-corrected chi connectivity index (χ3v) is 5.80. The zero-order chi connectivity index (χ0) is 23.5. The summed E-state index contributed by atoms with van der Waals surface area (Å²) in [5.41, 5.74) is 1.96. The van der Waals surface area contributed by atoms with Gasteiger partial charge in [-0.2, -0.15) is 0 Å². The summed E-state index contributed by atoms with van der Waals surface area (Å²) in [6.45, 7) is 0.784. The second-order valence-corrected chi connectivity index (χ2v) is 8.65. The lowest BCUT2D eigenvalue weighted by molar-refractivity contribution is -0.141. The number of ether oxygens (including phenoxy) is 1. The van der Waals surface area contributed by atoms with Crippen molar-refractivity contribution in [3.63, 3.8) is 0 Å². The van der Waals surface area contributed by atoms with Gasteiger partial charge in [-0.15, -0.1) is 0 Å². The molecule has 0 saturated heterocycles. The van der Waals surface area contributed by atoms with Crippen LogP contribution in [0.4, 0.5) is 0 Å². The van der Waals surface area contributed by atoms with E-state index < -0.39 is 6.04 Å². The standard InChI is InChI=1S/C27H29BrN2O3/c1-29-27(32)25(19-21-10-4-2-5-11-21)30(20-22-12-8-13-23(28)18-22)26(31)16-9-17-33-24-14-6-3-7-15-24/h2-8,10-15,18,25H,9,16-17,19-20H2,1H3,(H,29,32)/t25-/m0/s1. The zero-order valence-electron chi connectivity index (χ0n) is 18.7. The maximum Gasteiger partial charge on any atom is 0.242 e. The predicted octanol–water partition coefficient (Wildman–Crippen LogP) is 4.99. The van der Waals surface area contributed by atoms with Gasteiger partial charge in [-0.1, -0.05) is 76.6 Å². The van der Waals surface area contributed by atoms with E-state index in [1.54, 1.807) is 11.9 Å². The number of carbonyl (C=O) groups excluding carboxylic acids is 2. The largest absolute Gasteiger partial charge is 0.494 e. The number of carbonyl (C=O) groups is 2. The van der Waals surface area contributed by atoms with Gasteiger partial charge in [0.25, 0.3) is 0 Å². The van der Waals surface area contributed by atoms with Crippen molar-refractivity contribution in [2.75, 3.05) is 13.7 Å². The second-order valence-electron chi connectivity index (χ2n) is 7.74. The van der Waals surface area contributed by atoms with E-state index in [0.717, 1.165) is 21.3 Å². The molecule has 0 bridgehead atoms. The summed E-state index contributed by atoms with van der Waals surface area (Å²) in [4.78, 5) is 28.0. The highest BCUT2D eigenvalue weighted by Crippen LogP contribution is 2.19. The predicted molar refractivity (Wildman–Crippen MR) is 134 cm³/mol. The van der Waals surface area contributed by atoms with Crippen molar-refractivity contribution in [3.8, 4) is 5.75 Å². The van der Waals surface area contributed by atoms with Crippen molar-refractivity contribution < 1.29 is 14.3 Å². The Kier molecular flexibility index (Phi) is 9.51. The molecular formula is C27H29BrN2O3. The van der Waals surface area contributed by atoms with Crippen molar-refractivity contribution in [2.45, 2.75) is 31.8 Å². The molecule has 0 unspecified atom stereocenters. The van der Waals surface area contributed by atoms with Crippen LogP contribution in [0.2, 0.25) is 0 Å². The lowest BCUT2D eigenvalue weighted by atomic mass is 10.0. The molecule has 2 amide bonds. The molecule has 33 heavy (non-hydrogen) atoms. The van der Waals surface area contributed by atoms with Crippen molar-refractivity contribution in [1.82, 2.24) is 10.2 Å². The number of likely N-dealkylation sites (N-methyl/N-ethyl adjacent to an activating group) is 1. The third kappa shape index (κ3) is 7.75. The number of nitrogens with zero attached hydrogens (tertiary/aromatic N) is 1. The van der Waals surface area contributed by atoms with Crippen molar-refractivity contribution >= 4 is 27.7 Å². The smallest absolute Gasteiger partial charge is 0.242 e. The van der Waals surface area contributed by atoms with E-state index >= 15 is 0 Å². The molecule has 1 atom stereocenters. The molecule has 3 aromatic rings. The topological polar surface area (TPSA) is 58.6 Å². The molecule has 0 aromatic heterocycles. The van der Waals surface area contributed by atoms with E-state index in [0.29, 0.717) is 32.4 Å². The van der Waals surface area contributed by atoms with Crippen LogP contribution in [0.5, 0.6) is 5.75 Å². The van der Waals surface area contributed by atoms with Crippen LogP contribution in [0.15, 0.2) is 89.4 Å². The first kappa shape index (κ1) is 24.5. The van der Waals surface area contributed by atoms with E-state index in [1.807, 2.05) is 84.9 Å². The van der Waals surface area contributed by atoms with Gasteiger partial charge in [0.2, 0.25) is 11.8 Å². The molecule has 6 heteroatoms. The van der Waals surface area contributed by atoms with E-state index in [1.165, 1.54) is 0 Å². The second kappa shape index (κ2) is 12.8. The van der Waals surface area contributed by atoms with Crippen LogP contribution in [0.1, 0.15) is 24.0 Å². The van der Waals surface area contributed by atoms with E-state index in [-0.39, 0.29) is 11.8 Å². The Hall–Kier alpha value is -3.12. The van der Waals surface area contributed by atoms with Crippen molar-refractivity contribution in [3.05, 3.63) is 101 Å². The molecule has 0 heterocycles. The van der Waals surface area contributed by atoms with Crippen LogP contribution in [-0.2, 0) is 22.6 Å². The number of halogens is 1. The molecular weight excluding hydrogens is 480 g/mol. The highest BCUT2D eigenvalue weighted by atomic mass is 79.9. The van der Waals surface area contributed by atoms with Gasteiger partial charge >= 0.3 is 0 Å². The van der Waals surface area contributed by atoms with Crippen LogP contribution in [0.3, 0.4) is 0 Å². The highest BCUT2D eigenvalue weighted by Gasteiger charge is 2.29. The first-order valence-corrected chi connectivity index (χ1v) is 11.8. The molecule has 0 aliphatic rings. The maximum atomic E-state index is 13.4. The lowest BCUT2D eigenvalue weighted by Crippen LogP contribution is -2.49. The van der Waals surface area contributed by atoms with E-state index in [9.17, 15) is 9.59 Å². The Morgan fingerprint density at radius 3 is 2.27 bits per heavy atom. The van der Waals surface area contributed by atoms with Gasteiger partial charge in [-0.05, 0) is 41.8 Å². The van der Waals surface area contributed by atoms with Crippen LogP contribution >= 0.6 is 15.9 Å². The quantitative estimate of drug-likeness (QED) is 0.371. The minimum Gasteiger partial charge on any atom is -0.494 e. The highest BCUT2D eigenvalue weighted by molar-refractivity contribution is 9.10. The maximum absolute atomic E-state index is 13.4. The Morgan fingerprint density at radius 1 is 0.939 bits per heavy atom. The third-order valence-electron chi connectivity index (χ3n) is 5.31. The molecule has 172 valence electrons. The summed E-state index contributed by atoms with van der Waals surface area (Å²) >= 11 is 3.50. The number of amides is 2. The van der Waals surface area contributed by atoms with Crippen molar-refractivity contribution in [1.29, 1.82) is 0 Å². The molecule has 0 saturated carbocycles. The SMILES string of the molecule is CNC(=O)[C@H](Cc1ccccc1)N(Cc1cccc(Br)c1)C(=O)CCCOc1ccccc1. The molecule has 0 aliphatic carbocycles. The molecule has 3 rings (SSSR count). The molecule has 0 fully saturated rings. The summed E-state index contributed by atoms with van der Waals surface area (Å²) in [7, 11) is 1.61. The summed E-state index contributed by atoms with van der Waals surface area (Å²) < 4.78 is 6.67. The van der Waals surface area contributed by atoms with Gasteiger partial charge < -0.3 is 15.0 Å². The molecule has 1 N–H and O–H groups in total. The van der Waals surface area contributed by atoms with Gasteiger partial charge in [0.1, 0.15) is 11.8 Å². The Bertz CT molecular complexity index is 1030. The van der Waals surface area contributed by atoms with E-state index in [2.05, 4.69) is 21.2 Å². The first-order valence-electron chi connectivity index (χ1n) is 11.0. The molecule has 0 radical (unpaired) electrons. The Labute approximate surface area is 203 Å². The van der Waals surface area contributed by atoms with Crippen LogP contribution < -0.4 is 10.1 Å². The number of nitrogens with one attached hydrogen (secondary N) is 1. The fourth-order valence-corrected chi connectivity index (χ4v) is 4.07. The molecule has 5 nitrogen and oxygen atoms in total. The summed E-state index contributed by atoms with van der Waals surface area (Å²) in [5.74, 6) is 0.530. The zero-order valence-corrected chi connectivity index (χ0v) is 20.3. The number of hydrogen-bond donors (Lipinski definition) is 1. The van der Waals surface area contributed by atoms with Crippen molar-refractivity contribution in [2.24, 2.45) is 0 Å². The number of para-hydroxylation sites is 1. The fourth-order valence-electron chi connectivity index (χ4n) is 3.63. The Balaban J connectivity index is 1.75. The van der Waals surface area contributed by atoms with Gasteiger partial charge in [0.05, 0.1) is 6.61 Å². The van der Waals surface area contributed by atoms with Crippen LogP contribution in [0.25, 0.3) is 0 Å². The average Bonchev–Trinajstić information content (AvgIpc) is 2.84. The average molecular weight is 509 g/mol. The van der Waals surface area contributed by atoms with Gasteiger partial charge in [0, 0.05) is 30.9 Å². The molecule has 0 aliphatic heterocycles.